The van der Waals surface area contributed by atoms with Gasteiger partial charge in [0.1, 0.15) is 5.75 Å². The number of ether oxygens (including phenoxy) is 1. The lowest BCUT2D eigenvalue weighted by atomic mass is 9.74. The summed E-state index contributed by atoms with van der Waals surface area (Å²) >= 11 is 0. The molecule has 6 heteroatoms. The van der Waals surface area contributed by atoms with E-state index in [-0.39, 0.29) is 17.6 Å². The van der Waals surface area contributed by atoms with Crippen LogP contribution in [-0.4, -0.2) is 61.2 Å². The van der Waals surface area contributed by atoms with Gasteiger partial charge >= 0.3 is 6.03 Å². The second kappa shape index (κ2) is 9.94. The van der Waals surface area contributed by atoms with Gasteiger partial charge in [-0.15, -0.1) is 0 Å². The topological polar surface area (TPSA) is 60.6 Å². The molecule has 1 saturated heterocycles. The van der Waals surface area contributed by atoms with Crippen LogP contribution in [-0.2, 0) is 5.54 Å². The van der Waals surface area contributed by atoms with E-state index < -0.39 is 0 Å². The Hall–Kier alpha value is -2.99. The summed E-state index contributed by atoms with van der Waals surface area (Å²) in [5.74, 6) is 1.34. The number of nitrogens with zero attached hydrogens (tertiary/aromatic N) is 2. The first kappa shape index (κ1) is 23.7. The zero-order valence-corrected chi connectivity index (χ0v) is 21.2. The van der Waals surface area contributed by atoms with E-state index in [1.54, 1.807) is 7.11 Å². The van der Waals surface area contributed by atoms with Crippen LogP contribution in [0.5, 0.6) is 5.75 Å². The molecule has 0 radical (unpaired) electrons. The van der Waals surface area contributed by atoms with E-state index in [2.05, 4.69) is 78.0 Å². The van der Waals surface area contributed by atoms with E-state index in [0.717, 1.165) is 62.9 Å². The van der Waals surface area contributed by atoms with Crippen LogP contribution in [0.2, 0.25) is 0 Å². The fraction of sp³-hybridized carbons (Fsp3) is 0.483. The molecular formula is C29H38N4O2. The van der Waals surface area contributed by atoms with E-state index in [9.17, 15) is 4.79 Å². The second-order valence-corrected chi connectivity index (χ2v) is 10.4. The summed E-state index contributed by atoms with van der Waals surface area (Å²) in [6.07, 6.45) is 8.23. The fourth-order valence-corrected chi connectivity index (χ4v) is 6.23. The van der Waals surface area contributed by atoms with Crippen molar-refractivity contribution in [1.82, 2.24) is 20.1 Å². The number of methoxy groups -OCH3 is 1. The fourth-order valence-electron chi connectivity index (χ4n) is 6.23. The summed E-state index contributed by atoms with van der Waals surface area (Å²) in [5, 5.41) is 4.59. The maximum Gasteiger partial charge on any atom is 0.317 e. The molecule has 35 heavy (non-hydrogen) atoms. The Morgan fingerprint density at radius 3 is 2.43 bits per heavy atom. The Morgan fingerprint density at radius 1 is 1.06 bits per heavy atom. The van der Waals surface area contributed by atoms with E-state index >= 15 is 0 Å². The Bertz CT molecular complexity index is 1140. The third kappa shape index (κ3) is 4.64. The third-order valence-electron chi connectivity index (χ3n) is 8.45. The SMILES string of the molecule is COc1ccc2[nH]cc(C3CCN(C(=O)NC4CCC(c5ccccc5)(N(C)C)CC4)CC3)c2c1. The third-order valence-corrected chi connectivity index (χ3v) is 8.45. The Balaban J connectivity index is 1.16. The number of piperidine rings is 1. The van der Waals surface area contributed by atoms with Gasteiger partial charge in [-0.1, -0.05) is 30.3 Å². The number of fused-ring (bicyclic) bond motifs is 1. The summed E-state index contributed by atoms with van der Waals surface area (Å²) in [7, 11) is 6.07. The molecule has 2 N–H and O–H groups in total. The van der Waals surface area contributed by atoms with Crippen molar-refractivity contribution >= 4 is 16.9 Å². The number of rotatable bonds is 5. The summed E-state index contributed by atoms with van der Waals surface area (Å²) in [6, 6.07) is 17.4. The van der Waals surface area contributed by atoms with E-state index in [4.69, 9.17) is 4.74 Å². The molecule has 2 aromatic carbocycles. The van der Waals surface area contributed by atoms with Crippen molar-refractivity contribution in [3.05, 3.63) is 65.9 Å². The zero-order valence-electron chi connectivity index (χ0n) is 21.2. The number of hydrogen-bond donors (Lipinski definition) is 2. The van der Waals surface area contributed by atoms with Gasteiger partial charge in [0.15, 0.2) is 0 Å². The van der Waals surface area contributed by atoms with Gasteiger partial charge in [0, 0.05) is 41.8 Å². The highest BCUT2D eigenvalue weighted by Crippen LogP contribution is 2.41. The molecule has 6 nitrogen and oxygen atoms in total. The standard InChI is InChI=1S/C29H38N4O2/c1-32(2)29(22-7-5-4-6-8-22)15-11-23(12-16-29)31-28(34)33-17-13-21(14-18-33)26-20-30-27-10-9-24(35-3)19-25(26)27/h4-10,19-21,23,30H,11-18H2,1-3H3,(H,31,34). The predicted molar refractivity (Wildman–Crippen MR) is 141 cm³/mol. The Morgan fingerprint density at radius 2 is 1.77 bits per heavy atom. The molecule has 3 aromatic rings. The maximum absolute atomic E-state index is 13.1. The average Bonchev–Trinajstić information content (AvgIpc) is 3.33. The summed E-state index contributed by atoms with van der Waals surface area (Å²) in [4.78, 5) is 20.9. The number of nitrogens with one attached hydrogen (secondary N) is 2. The molecule has 0 unspecified atom stereocenters. The number of hydrogen-bond acceptors (Lipinski definition) is 3. The van der Waals surface area contributed by atoms with Crippen LogP contribution < -0.4 is 10.1 Å². The normalized spacial score (nSPS) is 23.5. The van der Waals surface area contributed by atoms with Gasteiger partial charge in [-0.2, -0.15) is 0 Å². The van der Waals surface area contributed by atoms with Gasteiger partial charge in [0.25, 0.3) is 0 Å². The van der Waals surface area contributed by atoms with Crippen LogP contribution in [0.15, 0.2) is 54.7 Å². The molecule has 0 bridgehead atoms. The van der Waals surface area contributed by atoms with E-state index in [1.165, 1.54) is 16.5 Å². The van der Waals surface area contributed by atoms with Crippen molar-refractivity contribution in [1.29, 1.82) is 0 Å². The van der Waals surface area contributed by atoms with Crippen molar-refractivity contribution < 1.29 is 9.53 Å². The number of H-pyrrole nitrogens is 1. The number of benzene rings is 2. The molecule has 2 heterocycles. The summed E-state index contributed by atoms with van der Waals surface area (Å²) < 4.78 is 5.43. The number of likely N-dealkylation sites (tertiary alicyclic amines) is 1. The van der Waals surface area contributed by atoms with Gasteiger partial charge in [0.2, 0.25) is 0 Å². The van der Waals surface area contributed by atoms with Crippen molar-refractivity contribution in [2.45, 2.75) is 56.0 Å². The molecule has 186 valence electrons. The number of carbonyl (C=O) groups is 1. The van der Waals surface area contributed by atoms with Crippen molar-refractivity contribution in [3.63, 3.8) is 0 Å². The lowest BCUT2D eigenvalue weighted by Gasteiger charge is -2.46. The molecule has 1 saturated carbocycles. The van der Waals surface area contributed by atoms with Crippen LogP contribution in [0.1, 0.15) is 55.6 Å². The molecule has 5 rings (SSSR count). The molecule has 1 aliphatic heterocycles. The van der Waals surface area contributed by atoms with Gasteiger partial charge < -0.3 is 19.9 Å². The highest BCUT2D eigenvalue weighted by Gasteiger charge is 2.39. The van der Waals surface area contributed by atoms with Gasteiger partial charge in [-0.05, 0) is 87.9 Å². The van der Waals surface area contributed by atoms with Gasteiger partial charge in [-0.3, -0.25) is 4.90 Å². The second-order valence-electron chi connectivity index (χ2n) is 10.4. The van der Waals surface area contributed by atoms with Crippen LogP contribution in [0.4, 0.5) is 4.79 Å². The Kier molecular flexibility index (Phi) is 6.74. The lowest BCUT2D eigenvalue weighted by molar-refractivity contribution is 0.0849. The van der Waals surface area contributed by atoms with Crippen LogP contribution >= 0.6 is 0 Å². The van der Waals surface area contributed by atoms with Crippen molar-refractivity contribution in [2.24, 2.45) is 0 Å². The molecule has 0 spiro atoms. The molecule has 1 aliphatic carbocycles. The summed E-state index contributed by atoms with van der Waals surface area (Å²) in [6.45, 7) is 1.59. The van der Waals surface area contributed by atoms with E-state index in [1.807, 2.05) is 11.0 Å². The molecule has 2 aliphatic rings. The number of aromatic amines is 1. The highest BCUT2D eigenvalue weighted by molar-refractivity contribution is 5.85. The van der Waals surface area contributed by atoms with Crippen LogP contribution in [0, 0.1) is 0 Å². The molecule has 2 fully saturated rings. The smallest absolute Gasteiger partial charge is 0.317 e. The minimum absolute atomic E-state index is 0.0584. The van der Waals surface area contributed by atoms with Crippen LogP contribution in [0.3, 0.4) is 0 Å². The molecular weight excluding hydrogens is 436 g/mol. The minimum Gasteiger partial charge on any atom is -0.497 e. The molecule has 0 atom stereocenters. The quantitative estimate of drug-likeness (QED) is 0.516. The minimum atomic E-state index is 0.0584. The number of carbonyl (C=O) groups excluding carboxylic acids is 1. The predicted octanol–water partition coefficient (Wildman–Crippen LogP) is 5.47. The van der Waals surface area contributed by atoms with Gasteiger partial charge in [-0.25, -0.2) is 4.79 Å². The first-order chi connectivity index (χ1) is 17.0. The average molecular weight is 475 g/mol. The highest BCUT2D eigenvalue weighted by atomic mass is 16.5. The zero-order chi connectivity index (χ0) is 24.4. The maximum atomic E-state index is 13.1. The van der Waals surface area contributed by atoms with Crippen molar-refractivity contribution in [3.8, 4) is 5.75 Å². The van der Waals surface area contributed by atoms with Crippen LogP contribution in [0.25, 0.3) is 10.9 Å². The number of amides is 2. The molecule has 1 aromatic heterocycles. The van der Waals surface area contributed by atoms with E-state index in [0.29, 0.717) is 5.92 Å². The first-order valence-electron chi connectivity index (χ1n) is 12.9. The monoisotopic (exact) mass is 474 g/mol. The lowest BCUT2D eigenvalue weighted by Crippen LogP contribution is -2.52. The Labute approximate surface area is 208 Å². The van der Waals surface area contributed by atoms with Gasteiger partial charge in [0.05, 0.1) is 7.11 Å². The largest absolute Gasteiger partial charge is 0.497 e. The first-order valence-corrected chi connectivity index (χ1v) is 12.9. The molecule has 2 amide bonds. The van der Waals surface area contributed by atoms with Crippen molar-refractivity contribution in [2.75, 3.05) is 34.3 Å². The summed E-state index contributed by atoms with van der Waals surface area (Å²) in [5.41, 5.74) is 3.92. The number of aromatic nitrogens is 1. The number of urea groups is 1.